The molecule has 0 aliphatic carbocycles. The van der Waals surface area contributed by atoms with E-state index < -0.39 is 18.1 Å². The van der Waals surface area contributed by atoms with Gasteiger partial charge in [-0.3, -0.25) is 0 Å². The lowest BCUT2D eigenvalue weighted by atomic mass is 10.1. The molecule has 0 spiro atoms. The van der Waals surface area contributed by atoms with E-state index in [4.69, 9.17) is 23.7 Å². The smallest absolute Gasteiger partial charge is 0.408 e. The first kappa shape index (κ1) is 24.9. The van der Waals surface area contributed by atoms with Crippen molar-refractivity contribution in [2.24, 2.45) is 0 Å². The fraction of sp³-hybridized carbons (Fsp3) is 0.636. The minimum atomic E-state index is -1.19. The van der Waals surface area contributed by atoms with Gasteiger partial charge in [-0.1, -0.05) is 25.5 Å². The number of carbonyl (C=O) groups excluding carboxylic acids is 1. The Morgan fingerprint density at radius 1 is 1.13 bits per heavy atom. The normalized spacial score (nSPS) is 17.0. The maximum Gasteiger partial charge on any atom is 0.408 e. The van der Waals surface area contributed by atoms with Crippen molar-refractivity contribution in [3.63, 3.8) is 0 Å². The summed E-state index contributed by atoms with van der Waals surface area (Å²) in [6.07, 6.45) is 3.89. The van der Waals surface area contributed by atoms with Crippen LogP contribution in [0.25, 0.3) is 0 Å². The predicted molar refractivity (Wildman–Crippen MR) is 112 cm³/mol. The van der Waals surface area contributed by atoms with E-state index in [2.05, 4.69) is 5.32 Å². The van der Waals surface area contributed by atoms with Gasteiger partial charge in [0.2, 0.25) is 0 Å². The summed E-state index contributed by atoms with van der Waals surface area (Å²) < 4.78 is 27.1. The summed E-state index contributed by atoms with van der Waals surface area (Å²) in [4.78, 5) is 23.3. The molecule has 1 aliphatic heterocycles. The third kappa shape index (κ3) is 9.99. The largest absolute Gasteiger partial charge is 0.491 e. The number of aliphatic carboxylic acids is 1. The molecule has 0 bridgehead atoms. The van der Waals surface area contributed by atoms with Gasteiger partial charge in [-0.25, -0.2) is 9.59 Å². The molecule has 174 valence electrons. The topological polar surface area (TPSA) is 113 Å². The van der Waals surface area contributed by atoms with Gasteiger partial charge in [-0.05, 0) is 43.4 Å². The summed E-state index contributed by atoms with van der Waals surface area (Å²) in [6.45, 7) is 4.67. The van der Waals surface area contributed by atoms with Crippen LogP contribution in [0.5, 0.6) is 5.75 Å². The number of hydrogen-bond donors (Lipinski definition) is 2. The van der Waals surface area contributed by atoms with Crippen molar-refractivity contribution >= 4 is 12.1 Å². The van der Waals surface area contributed by atoms with Crippen molar-refractivity contribution in [3.05, 3.63) is 29.8 Å². The minimum Gasteiger partial charge on any atom is -0.491 e. The molecule has 1 heterocycles. The van der Waals surface area contributed by atoms with Gasteiger partial charge >= 0.3 is 12.1 Å². The second kappa shape index (κ2) is 14.6. The highest BCUT2D eigenvalue weighted by molar-refractivity contribution is 5.81. The lowest BCUT2D eigenvalue weighted by Gasteiger charge is -2.22. The number of hydrogen-bond acceptors (Lipinski definition) is 7. The average Bonchev–Trinajstić information content (AvgIpc) is 2.78. The van der Waals surface area contributed by atoms with Crippen molar-refractivity contribution in [1.29, 1.82) is 0 Å². The van der Waals surface area contributed by atoms with Crippen molar-refractivity contribution in [3.8, 4) is 5.75 Å². The van der Waals surface area contributed by atoms with Crippen LogP contribution in [0.3, 0.4) is 0 Å². The molecule has 1 saturated heterocycles. The van der Waals surface area contributed by atoms with Crippen molar-refractivity contribution in [1.82, 2.24) is 5.32 Å². The molecular formula is C22H33NO8. The third-order valence-electron chi connectivity index (χ3n) is 4.62. The van der Waals surface area contributed by atoms with Crippen LogP contribution >= 0.6 is 0 Å². The molecule has 9 heteroatoms. The Hall–Kier alpha value is -2.36. The zero-order chi connectivity index (χ0) is 22.3. The highest BCUT2D eigenvalue weighted by Gasteiger charge is 2.22. The van der Waals surface area contributed by atoms with Crippen molar-refractivity contribution in [2.45, 2.75) is 51.4 Å². The Balaban J connectivity index is 1.65. The third-order valence-corrected chi connectivity index (χ3v) is 4.62. The first-order valence-electron chi connectivity index (χ1n) is 10.8. The van der Waals surface area contributed by atoms with Crippen LogP contribution in [0.2, 0.25) is 0 Å². The van der Waals surface area contributed by atoms with Crippen LogP contribution in [0.1, 0.15) is 50.6 Å². The zero-order valence-electron chi connectivity index (χ0n) is 18.0. The fourth-order valence-electron chi connectivity index (χ4n) is 2.91. The maximum atomic E-state index is 11.8. The Kier molecular flexibility index (Phi) is 11.7. The summed E-state index contributed by atoms with van der Waals surface area (Å²) in [5, 5.41) is 11.8. The van der Waals surface area contributed by atoms with E-state index in [0.29, 0.717) is 37.7 Å². The van der Waals surface area contributed by atoms with Gasteiger partial charge in [0.15, 0.2) is 12.3 Å². The van der Waals surface area contributed by atoms with Gasteiger partial charge in [0.25, 0.3) is 0 Å². The molecule has 1 amide bonds. The summed E-state index contributed by atoms with van der Waals surface area (Å²) in [5.74, 6) is -0.593. The van der Waals surface area contributed by atoms with Gasteiger partial charge in [-0.2, -0.15) is 0 Å². The number of benzene rings is 1. The van der Waals surface area contributed by atoms with Gasteiger partial charge in [0, 0.05) is 6.61 Å². The highest BCUT2D eigenvalue weighted by Crippen LogP contribution is 2.19. The minimum absolute atomic E-state index is 0.116. The number of nitrogens with one attached hydrogen (secondary N) is 1. The number of alkyl carbamates (subject to hydrolysis) is 1. The number of amides is 1. The molecule has 1 aromatic carbocycles. The van der Waals surface area contributed by atoms with E-state index in [9.17, 15) is 14.7 Å². The van der Waals surface area contributed by atoms with Crippen LogP contribution < -0.4 is 10.1 Å². The number of ether oxygens (including phenoxy) is 5. The van der Waals surface area contributed by atoms with Crippen LogP contribution in [-0.4, -0.2) is 63.1 Å². The molecule has 0 aromatic heterocycles. The van der Waals surface area contributed by atoms with E-state index in [-0.39, 0.29) is 12.9 Å². The van der Waals surface area contributed by atoms with Crippen LogP contribution in [-0.2, 0) is 23.7 Å². The standard InChI is InChI=1S/C22H33NO8/c1-2-3-11-31-22(26)23-20(21(24)25)17-7-9-18(10-8-17)28-15-13-27-14-16-30-19-6-4-5-12-29-19/h7-10,19-20H,2-6,11-16H2,1H3,(H,23,26)(H,24,25). The molecule has 1 aromatic rings. The first-order chi connectivity index (χ1) is 15.1. The SMILES string of the molecule is CCCCOC(=O)NC(C(=O)O)c1ccc(OCCOCCOC2CCCCO2)cc1. The number of carboxylic acid groups (broad SMARTS) is 1. The molecule has 9 nitrogen and oxygen atoms in total. The van der Waals surface area contributed by atoms with Gasteiger partial charge in [0.1, 0.15) is 12.4 Å². The molecule has 2 atom stereocenters. The molecule has 0 saturated carbocycles. The maximum absolute atomic E-state index is 11.8. The average molecular weight is 440 g/mol. The van der Waals surface area contributed by atoms with Crippen molar-refractivity contribution < 1.29 is 38.4 Å². The number of carboxylic acids is 1. The molecule has 2 unspecified atom stereocenters. The van der Waals surface area contributed by atoms with Crippen LogP contribution in [0, 0.1) is 0 Å². The summed E-state index contributed by atoms with van der Waals surface area (Å²) in [5.41, 5.74) is 0.422. The van der Waals surface area contributed by atoms with E-state index in [1.807, 2.05) is 6.92 Å². The van der Waals surface area contributed by atoms with Crippen LogP contribution in [0.15, 0.2) is 24.3 Å². The molecular weight excluding hydrogens is 406 g/mol. The summed E-state index contributed by atoms with van der Waals surface area (Å²) >= 11 is 0. The van der Waals surface area contributed by atoms with E-state index >= 15 is 0 Å². The Bertz CT molecular complexity index is 645. The lowest BCUT2D eigenvalue weighted by Crippen LogP contribution is -2.34. The Morgan fingerprint density at radius 2 is 1.90 bits per heavy atom. The highest BCUT2D eigenvalue weighted by atomic mass is 16.7. The van der Waals surface area contributed by atoms with Crippen LogP contribution in [0.4, 0.5) is 4.79 Å². The monoisotopic (exact) mass is 439 g/mol. The molecule has 0 radical (unpaired) electrons. The number of rotatable bonds is 14. The molecule has 2 rings (SSSR count). The second-order valence-corrected chi connectivity index (χ2v) is 7.10. The van der Waals surface area contributed by atoms with Gasteiger partial charge in [-0.15, -0.1) is 0 Å². The lowest BCUT2D eigenvalue weighted by molar-refractivity contribution is -0.169. The molecule has 1 aliphatic rings. The number of unbranched alkanes of at least 4 members (excludes halogenated alkanes) is 1. The van der Waals surface area contributed by atoms with Gasteiger partial charge < -0.3 is 34.1 Å². The van der Waals surface area contributed by atoms with Gasteiger partial charge in [0.05, 0.1) is 26.4 Å². The summed E-state index contributed by atoms with van der Waals surface area (Å²) in [6, 6.07) is 5.30. The van der Waals surface area contributed by atoms with E-state index in [0.717, 1.165) is 38.7 Å². The first-order valence-corrected chi connectivity index (χ1v) is 10.8. The Labute approximate surface area is 182 Å². The fourth-order valence-corrected chi connectivity index (χ4v) is 2.91. The molecule has 2 N–H and O–H groups in total. The quantitative estimate of drug-likeness (QED) is 0.425. The molecule has 31 heavy (non-hydrogen) atoms. The van der Waals surface area contributed by atoms with Crippen molar-refractivity contribution in [2.75, 3.05) is 39.6 Å². The zero-order valence-corrected chi connectivity index (χ0v) is 18.0. The second-order valence-electron chi connectivity index (χ2n) is 7.10. The Morgan fingerprint density at radius 3 is 2.58 bits per heavy atom. The predicted octanol–water partition coefficient (Wildman–Crippen LogP) is 3.28. The molecule has 1 fully saturated rings. The number of carbonyl (C=O) groups is 2. The van der Waals surface area contributed by atoms with E-state index in [1.54, 1.807) is 24.3 Å². The van der Waals surface area contributed by atoms with E-state index in [1.165, 1.54) is 0 Å². The summed E-state index contributed by atoms with van der Waals surface area (Å²) in [7, 11) is 0.